The van der Waals surface area contributed by atoms with Gasteiger partial charge in [-0.1, -0.05) is 0 Å². The van der Waals surface area contributed by atoms with Crippen LogP contribution in [0.15, 0.2) is 70.9 Å². The number of imide groups is 1. The van der Waals surface area contributed by atoms with Gasteiger partial charge in [-0.15, -0.1) is 0 Å². The molecule has 0 aliphatic carbocycles. The number of hydrogen-bond acceptors (Lipinski definition) is 6. The van der Waals surface area contributed by atoms with Gasteiger partial charge in [0.1, 0.15) is 0 Å². The van der Waals surface area contributed by atoms with Gasteiger partial charge in [0, 0.05) is 50.6 Å². The monoisotopic (exact) mass is 391 g/mol. The normalized spacial score (nSPS) is 13.4. The van der Waals surface area contributed by atoms with Gasteiger partial charge in [0.25, 0.3) is 17.7 Å². The Morgan fingerprint density at radius 1 is 0.897 bits per heavy atom. The molecule has 0 saturated carbocycles. The minimum atomic E-state index is -0.365. The maximum absolute atomic E-state index is 12.2. The van der Waals surface area contributed by atoms with Crippen molar-refractivity contribution < 1.29 is 14.4 Å². The lowest BCUT2D eigenvalue weighted by Gasteiger charge is -2.14. The Hall–Kier alpha value is -3.81. The van der Waals surface area contributed by atoms with Gasteiger partial charge < -0.3 is 10.2 Å². The molecule has 1 aliphatic heterocycles. The molecule has 0 atom stereocenters. The highest BCUT2D eigenvalue weighted by atomic mass is 16.2. The Kier molecular flexibility index (Phi) is 6.13. The largest absolute Gasteiger partial charge is 0.378 e. The molecule has 29 heavy (non-hydrogen) atoms. The number of rotatable bonds is 7. The maximum atomic E-state index is 12.2. The molecule has 0 spiro atoms. The minimum absolute atomic E-state index is 0.134. The van der Waals surface area contributed by atoms with E-state index in [4.69, 9.17) is 0 Å². The molecule has 8 heteroatoms. The average Bonchev–Trinajstić information content (AvgIpc) is 3.05. The van der Waals surface area contributed by atoms with Gasteiger partial charge in [0.15, 0.2) is 0 Å². The van der Waals surface area contributed by atoms with Gasteiger partial charge in [-0.25, -0.2) is 0 Å². The van der Waals surface area contributed by atoms with Crippen molar-refractivity contribution in [3.05, 3.63) is 66.2 Å². The van der Waals surface area contributed by atoms with Crippen molar-refractivity contribution in [2.24, 2.45) is 10.2 Å². The number of anilines is 1. The van der Waals surface area contributed by atoms with E-state index in [9.17, 15) is 14.4 Å². The smallest absolute Gasteiger partial charge is 0.253 e. The summed E-state index contributed by atoms with van der Waals surface area (Å²) in [6.45, 7) is 0.317. The summed E-state index contributed by atoms with van der Waals surface area (Å²) in [5, 5.41) is 11.1. The average molecular weight is 391 g/mol. The van der Waals surface area contributed by atoms with Crippen molar-refractivity contribution in [1.82, 2.24) is 10.2 Å². The van der Waals surface area contributed by atoms with Crippen LogP contribution in [0, 0.1) is 0 Å². The first kappa shape index (κ1) is 19.9. The van der Waals surface area contributed by atoms with Crippen molar-refractivity contribution in [3.63, 3.8) is 0 Å². The molecule has 0 aromatic heterocycles. The molecule has 0 fully saturated rings. The number of nitrogens with zero attached hydrogens (tertiary/aromatic N) is 4. The molecule has 2 aromatic carbocycles. The van der Waals surface area contributed by atoms with E-state index >= 15 is 0 Å². The van der Waals surface area contributed by atoms with Gasteiger partial charge in [0.05, 0.1) is 11.4 Å². The van der Waals surface area contributed by atoms with E-state index in [1.165, 1.54) is 12.2 Å². The summed E-state index contributed by atoms with van der Waals surface area (Å²) in [6.07, 6.45) is 2.43. The Balaban J connectivity index is 1.52. The summed E-state index contributed by atoms with van der Waals surface area (Å²) in [5.41, 5.74) is 2.89. The van der Waals surface area contributed by atoms with Crippen LogP contribution in [0.5, 0.6) is 0 Å². The molecule has 1 aliphatic rings. The highest BCUT2D eigenvalue weighted by Crippen LogP contribution is 2.21. The van der Waals surface area contributed by atoms with Gasteiger partial charge in [0.2, 0.25) is 0 Å². The van der Waals surface area contributed by atoms with Gasteiger partial charge in [-0.05, 0) is 48.5 Å². The minimum Gasteiger partial charge on any atom is -0.378 e. The molecule has 0 radical (unpaired) electrons. The summed E-state index contributed by atoms with van der Waals surface area (Å²) in [5.74, 6) is -1.02. The van der Waals surface area contributed by atoms with Crippen LogP contribution in [0.3, 0.4) is 0 Å². The van der Waals surface area contributed by atoms with E-state index in [1.54, 1.807) is 24.3 Å². The lowest BCUT2D eigenvalue weighted by Crippen LogP contribution is -2.38. The van der Waals surface area contributed by atoms with Crippen molar-refractivity contribution in [3.8, 4) is 0 Å². The second kappa shape index (κ2) is 8.92. The molecule has 3 rings (SSSR count). The summed E-state index contributed by atoms with van der Waals surface area (Å²) in [6, 6.07) is 14.4. The summed E-state index contributed by atoms with van der Waals surface area (Å²) in [4.78, 5) is 38.2. The standard InChI is InChI=1S/C21H21N5O3/c1-25(2)18-9-7-17(8-10-18)24-23-16-5-3-15(4-6-16)21(29)22-13-14-26-19(27)11-12-20(26)28/h3-12H,13-14H2,1-2H3,(H,22,29). The fourth-order valence-electron chi connectivity index (χ4n) is 2.65. The first-order valence-corrected chi connectivity index (χ1v) is 9.05. The zero-order valence-electron chi connectivity index (χ0n) is 16.2. The fraction of sp³-hybridized carbons (Fsp3) is 0.190. The van der Waals surface area contributed by atoms with Gasteiger partial charge >= 0.3 is 0 Å². The summed E-state index contributed by atoms with van der Waals surface area (Å²) in [7, 11) is 3.94. The number of azo groups is 1. The third kappa shape index (κ3) is 5.13. The fourth-order valence-corrected chi connectivity index (χ4v) is 2.65. The molecule has 8 nitrogen and oxygen atoms in total. The Morgan fingerprint density at radius 3 is 1.93 bits per heavy atom. The Morgan fingerprint density at radius 2 is 1.41 bits per heavy atom. The number of carbonyl (C=O) groups is 3. The van der Waals surface area contributed by atoms with Crippen LogP contribution < -0.4 is 10.2 Å². The van der Waals surface area contributed by atoms with Crippen LogP contribution in [-0.4, -0.2) is 49.8 Å². The van der Waals surface area contributed by atoms with Crippen LogP contribution in [0.4, 0.5) is 17.1 Å². The number of carbonyl (C=O) groups excluding carboxylic acids is 3. The van der Waals surface area contributed by atoms with Crippen LogP contribution in [0.2, 0.25) is 0 Å². The molecule has 1 N–H and O–H groups in total. The summed E-state index contributed by atoms with van der Waals surface area (Å²) < 4.78 is 0. The number of nitrogens with one attached hydrogen (secondary N) is 1. The molecular formula is C21H21N5O3. The van der Waals surface area contributed by atoms with E-state index in [-0.39, 0.29) is 30.8 Å². The van der Waals surface area contributed by atoms with Crippen molar-refractivity contribution >= 4 is 34.8 Å². The lowest BCUT2D eigenvalue weighted by atomic mass is 10.2. The van der Waals surface area contributed by atoms with E-state index in [2.05, 4.69) is 15.5 Å². The lowest BCUT2D eigenvalue weighted by molar-refractivity contribution is -0.136. The highest BCUT2D eigenvalue weighted by molar-refractivity contribution is 6.12. The maximum Gasteiger partial charge on any atom is 0.253 e. The number of amides is 3. The van der Waals surface area contributed by atoms with Crippen LogP contribution >= 0.6 is 0 Å². The third-order valence-electron chi connectivity index (χ3n) is 4.30. The number of hydrogen-bond donors (Lipinski definition) is 1. The van der Waals surface area contributed by atoms with Gasteiger partial charge in [-0.2, -0.15) is 10.2 Å². The second-order valence-electron chi connectivity index (χ2n) is 6.58. The zero-order chi connectivity index (χ0) is 20.8. The van der Waals surface area contributed by atoms with Crippen LogP contribution in [-0.2, 0) is 9.59 Å². The van der Waals surface area contributed by atoms with Crippen molar-refractivity contribution in [1.29, 1.82) is 0 Å². The predicted octanol–water partition coefficient (Wildman–Crippen LogP) is 2.82. The molecule has 3 amide bonds. The van der Waals surface area contributed by atoms with E-state index < -0.39 is 0 Å². The van der Waals surface area contributed by atoms with E-state index in [1.807, 2.05) is 43.3 Å². The first-order chi connectivity index (χ1) is 13.9. The van der Waals surface area contributed by atoms with Crippen LogP contribution in [0.1, 0.15) is 10.4 Å². The van der Waals surface area contributed by atoms with E-state index in [0.717, 1.165) is 16.3 Å². The quantitative estimate of drug-likeness (QED) is 0.580. The predicted molar refractivity (Wildman–Crippen MR) is 110 cm³/mol. The molecule has 0 bridgehead atoms. The summed E-state index contributed by atoms with van der Waals surface area (Å²) >= 11 is 0. The Labute approximate surface area is 168 Å². The van der Waals surface area contributed by atoms with E-state index in [0.29, 0.717) is 11.3 Å². The van der Waals surface area contributed by atoms with Crippen molar-refractivity contribution in [2.75, 3.05) is 32.1 Å². The zero-order valence-corrected chi connectivity index (χ0v) is 16.2. The first-order valence-electron chi connectivity index (χ1n) is 9.05. The molecule has 1 heterocycles. The van der Waals surface area contributed by atoms with Gasteiger partial charge in [-0.3, -0.25) is 19.3 Å². The molecule has 148 valence electrons. The SMILES string of the molecule is CN(C)c1ccc(N=Nc2ccc(C(=O)NCCN3C(=O)C=CC3=O)cc2)cc1. The van der Waals surface area contributed by atoms with Crippen molar-refractivity contribution in [2.45, 2.75) is 0 Å². The highest BCUT2D eigenvalue weighted by Gasteiger charge is 2.22. The third-order valence-corrected chi connectivity index (χ3v) is 4.30. The molecule has 0 saturated heterocycles. The topological polar surface area (TPSA) is 94.4 Å². The molecular weight excluding hydrogens is 370 g/mol. The number of benzene rings is 2. The Bertz CT molecular complexity index is 945. The molecule has 0 unspecified atom stereocenters. The second-order valence-corrected chi connectivity index (χ2v) is 6.58. The molecule has 2 aromatic rings. The van der Waals surface area contributed by atoms with Crippen LogP contribution in [0.25, 0.3) is 0 Å².